The maximum absolute atomic E-state index is 13.3. The number of hydrogen-bond donors (Lipinski definition) is 2. The van der Waals surface area contributed by atoms with Gasteiger partial charge in [0.2, 0.25) is 11.8 Å². The van der Waals surface area contributed by atoms with E-state index in [9.17, 15) is 9.59 Å². The monoisotopic (exact) mass is 384 g/mol. The van der Waals surface area contributed by atoms with E-state index < -0.39 is 5.92 Å². The third-order valence-electron chi connectivity index (χ3n) is 5.33. The molecule has 0 bridgehead atoms. The molecule has 1 aliphatic carbocycles. The summed E-state index contributed by atoms with van der Waals surface area (Å²) >= 11 is 0. The van der Waals surface area contributed by atoms with Crippen molar-refractivity contribution in [2.45, 2.75) is 25.7 Å². The summed E-state index contributed by atoms with van der Waals surface area (Å²) in [6.07, 6.45) is 1.91. The fourth-order valence-electron chi connectivity index (χ4n) is 3.48. The Hall–Kier alpha value is -3.40. The molecule has 146 valence electrons. The first-order chi connectivity index (χ1) is 14.1. The molecular formula is C25H24N2O2. The van der Waals surface area contributed by atoms with Crippen LogP contribution < -0.4 is 10.6 Å². The lowest BCUT2D eigenvalue weighted by molar-refractivity contribution is -0.117. The predicted molar refractivity (Wildman–Crippen MR) is 116 cm³/mol. The van der Waals surface area contributed by atoms with Crippen molar-refractivity contribution in [2.75, 3.05) is 10.6 Å². The molecule has 2 amide bonds. The molecule has 4 rings (SSSR count). The number of hydrogen-bond acceptors (Lipinski definition) is 2. The molecule has 4 heteroatoms. The first kappa shape index (κ1) is 18.9. The van der Waals surface area contributed by atoms with Crippen molar-refractivity contribution in [1.29, 1.82) is 0 Å². The van der Waals surface area contributed by atoms with Gasteiger partial charge in [-0.25, -0.2) is 0 Å². The molecule has 1 aliphatic rings. The lowest BCUT2D eigenvalue weighted by Gasteiger charge is -2.19. The first-order valence-corrected chi connectivity index (χ1v) is 9.94. The van der Waals surface area contributed by atoms with E-state index in [1.165, 1.54) is 0 Å². The number of amides is 2. The van der Waals surface area contributed by atoms with Crippen molar-refractivity contribution in [3.8, 4) is 0 Å². The van der Waals surface area contributed by atoms with Crippen molar-refractivity contribution >= 4 is 23.2 Å². The summed E-state index contributed by atoms with van der Waals surface area (Å²) in [5.74, 6) is -0.325. The van der Waals surface area contributed by atoms with Gasteiger partial charge >= 0.3 is 0 Å². The molecule has 0 unspecified atom stereocenters. The van der Waals surface area contributed by atoms with Gasteiger partial charge in [-0.05, 0) is 48.6 Å². The van der Waals surface area contributed by atoms with Gasteiger partial charge in [0.25, 0.3) is 0 Å². The van der Waals surface area contributed by atoms with Crippen molar-refractivity contribution < 1.29 is 9.59 Å². The molecule has 0 aromatic heterocycles. The van der Waals surface area contributed by atoms with Crippen LogP contribution in [-0.2, 0) is 9.59 Å². The van der Waals surface area contributed by atoms with Crippen LogP contribution in [0.2, 0.25) is 0 Å². The molecule has 0 radical (unpaired) electrons. The van der Waals surface area contributed by atoms with Gasteiger partial charge < -0.3 is 10.6 Å². The summed E-state index contributed by atoms with van der Waals surface area (Å²) < 4.78 is 0. The number of carbonyl (C=O) groups is 2. The molecule has 3 aromatic rings. The number of rotatable bonds is 6. The number of anilines is 2. The van der Waals surface area contributed by atoms with Gasteiger partial charge in [0, 0.05) is 17.3 Å². The van der Waals surface area contributed by atoms with Crippen LogP contribution in [0.1, 0.15) is 35.4 Å². The molecule has 4 nitrogen and oxygen atoms in total. The molecule has 1 saturated carbocycles. The average molecular weight is 384 g/mol. The van der Waals surface area contributed by atoms with E-state index in [1.807, 2.05) is 85.8 Å². The first-order valence-electron chi connectivity index (χ1n) is 9.94. The van der Waals surface area contributed by atoms with Gasteiger partial charge in [-0.3, -0.25) is 9.59 Å². The second-order valence-corrected chi connectivity index (χ2v) is 7.49. The largest absolute Gasteiger partial charge is 0.326 e. The lowest BCUT2D eigenvalue weighted by Crippen LogP contribution is -2.23. The van der Waals surface area contributed by atoms with Crippen molar-refractivity contribution in [3.05, 3.63) is 95.6 Å². The molecule has 3 aromatic carbocycles. The van der Waals surface area contributed by atoms with Crippen molar-refractivity contribution in [3.63, 3.8) is 0 Å². The molecule has 0 saturated heterocycles. The van der Waals surface area contributed by atoms with Gasteiger partial charge in [0.1, 0.15) is 0 Å². The Bertz CT molecular complexity index is 972. The SMILES string of the molecule is Cc1c(NC(=O)C2CC2)cccc1NC(=O)C(c1ccccc1)c1ccccc1. The molecule has 0 heterocycles. The van der Waals surface area contributed by atoms with E-state index in [1.54, 1.807) is 0 Å². The minimum Gasteiger partial charge on any atom is -0.326 e. The van der Waals surface area contributed by atoms with Gasteiger partial charge in [-0.1, -0.05) is 66.7 Å². The second-order valence-electron chi connectivity index (χ2n) is 7.49. The number of benzene rings is 3. The van der Waals surface area contributed by atoms with Crippen LogP contribution in [-0.4, -0.2) is 11.8 Å². The van der Waals surface area contributed by atoms with E-state index in [4.69, 9.17) is 0 Å². The highest BCUT2D eigenvalue weighted by molar-refractivity contribution is 6.00. The zero-order chi connectivity index (χ0) is 20.2. The maximum Gasteiger partial charge on any atom is 0.236 e. The van der Waals surface area contributed by atoms with Gasteiger partial charge in [-0.15, -0.1) is 0 Å². The Morgan fingerprint density at radius 3 is 1.79 bits per heavy atom. The third kappa shape index (κ3) is 4.37. The van der Waals surface area contributed by atoms with Crippen LogP contribution in [0.5, 0.6) is 0 Å². The normalized spacial score (nSPS) is 13.2. The second kappa shape index (κ2) is 8.31. The maximum atomic E-state index is 13.3. The highest BCUT2D eigenvalue weighted by Crippen LogP contribution is 2.32. The van der Waals surface area contributed by atoms with Crippen LogP contribution in [0.25, 0.3) is 0 Å². The summed E-state index contributed by atoms with van der Waals surface area (Å²) in [7, 11) is 0. The topological polar surface area (TPSA) is 58.2 Å². The smallest absolute Gasteiger partial charge is 0.236 e. The van der Waals surface area contributed by atoms with Crippen molar-refractivity contribution in [1.82, 2.24) is 0 Å². The molecular weight excluding hydrogens is 360 g/mol. The van der Waals surface area contributed by atoms with Crippen LogP contribution in [0, 0.1) is 12.8 Å². The summed E-state index contributed by atoms with van der Waals surface area (Å²) in [6.45, 7) is 1.91. The summed E-state index contributed by atoms with van der Waals surface area (Å²) in [5, 5.41) is 6.06. The number of carbonyl (C=O) groups excluding carboxylic acids is 2. The zero-order valence-corrected chi connectivity index (χ0v) is 16.4. The fraction of sp³-hybridized carbons (Fsp3) is 0.200. The van der Waals surface area contributed by atoms with Crippen LogP contribution in [0.3, 0.4) is 0 Å². The molecule has 0 atom stereocenters. The fourth-order valence-corrected chi connectivity index (χ4v) is 3.48. The quantitative estimate of drug-likeness (QED) is 0.620. The molecule has 2 N–H and O–H groups in total. The Kier molecular flexibility index (Phi) is 5.43. The van der Waals surface area contributed by atoms with E-state index >= 15 is 0 Å². The highest BCUT2D eigenvalue weighted by atomic mass is 16.2. The van der Waals surface area contributed by atoms with E-state index in [2.05, 4.69) is 10.6 Å². The van der Waals surface area contributed by atoms with E-state index in [0.717, 1.165) is 35.2 Å². The standard InChI is InChI=1S/C25H24N2O2/c1-17-21(26-24(28)20-15-16-20)13-8-14-22(17)27-25(29)23(18-9-4-2-5-10-18)19-11-6-3-7-12-19/h2-14,20,23H,15-16H2,1H3,(H,26,28)(H,27,29). The van der Waals surface area contributed by atoms with Crippen LogP contribution in [0.15, 0.2) is 78.9 Å². The highest BCUT2D eigenvalue weighted by Gasteiger charge is 2.30. The molecule has 0 aliphatic heterocycles. The molecule has 1 fully saturated rings. The average Bonchev–Trinajstić information content (AvgIpc) is 3.58. The molecule has 29 heavy (non-hydrogen) atoms. The number of nitrogens with one attached hydrogen (secondary N) is 2. The molecule has 0 spiro atoms. The summed E-state index contributed by atoms with van der Waals surface area (Å²) in [5.41, 5.74) is 4.19. The minimum atomic E-state index is -0.415. The lowest BCUT2D eigenvalue weighted by atomic mass is 9.90. The van der Waals surface area contributed by atoms with E-state index in [-0.39, 0.29) is 17.7 Å². The Balaban J connectivity index is 1.60. The van der Waals surface area contributed by atoms with Crippen LogP contribution in [0.4, 0.5) is 11.4 Å². The van der Waals surface area contributed by atoms with Gasteiger partial charge in [0.15, 0.2) is 0 Å². The Labute approximate surface area is 171 Å². The minimum absolute atomic E-state index is 0.0584. The summed E-state index contributed by atoms with van der Waals surface area (Å²) in [6, 6.07) is 25.1. The third-order valence-corrected chi connectivity index (χ3v) is 5.33. The Morgan fingerprint density at radius 1 is 0.759 bits per heavy atom. The van der Waals surface area contributed by atoms with Crippen LogP contribution >= 0.6 is 0 Å². The Morgan fingerprint density at radius 2 is 1.28 bits per heavy atom. The summed E-state index contributed by atoms with van der Waals surface area (Å²) in [4.78, 5) is 25.5. The predicted octanol–water partition coefficient (Wildman–Crippen LogP) is 5.11. The van der Waals surface area contributed by atoms with E-state index in [0.29, 0.717) is 5.69 Å². The van der Waals surface area contributed by atoms with Crippen molar-refractivity contribution in [2.24, 2.45) is 5.92 Å². The van der Waals surface area contributed by atoms with Gasteiger partial charge in [0.05, 0.1) is 5.92 Å². The zero-order valence-electron chi connectivity index (χ0n) is 16.4. The van der Waals surface area contributed by atoms with Gasteiger partial charge in [-0.2, -0.15) is 0 Å².